The largest absolute Gasteiger partial charge is 0.481 e. The first-order valence-corrected chi connectivity index (χ1v) is 23.7. The first-order chi connectivity index (χ1) is 29.9. The van der Waals surface area contributed by atoms with Crippen molar-refractivity contribution < 1.29 is 84.3 Å². The van der Waals surface area contributed by atoms with Crippen LogP contribution in [0, 0.1) is 50.2 Å². The molecule has 7 fully saturated rings. The summed E-state index contributed by atoms with van der Waals surface area (Å²) in [6.07, 6.45) is -12.2. The van der Waals surface area contributed by atoms with Crippen LogP contribution in [0.2, 0.25) is 0 Å². The lowest BCUT2D eigenvalue weighted by molar-refractivity contribution is -0.388. The SMILES string of the molecule is CC1(C)CC[C@]2(C(=O)O)CC[C@]3(C)C(=CC[C@@H]4[C@@]5(C)CC[C@H](O[C@@H]6O[C@H](CO)[C@@H](O)[C@H](O[C@@H]7O[C@H](CO)[C@H](O)[C@H](O)[C@H]7O[C@@H]7OC[C@@H](O)[C@H](O)[C@H]7O)[C@H]6O)C(C)(C)[C@@H]5CC[C@]43C)[C@@H]2C1. The quantitative estimate of drug-likeness (QED) is 0.116. The van der Waals surface area contributed by atoms with E-state index >= 15 is 0 Å². The van der Waals surface area contributed by atoms with E-state index in [2.05, 4.69) is 54.5 Å². The molecule has 0 amide bonds. The topological polar surface area (TPSA) is 275 Å². The van der Waals surface area contributed by atoms with Gasteiger partial charge in [-0.2, -0.15) is 0 Å². The van der Waals surface area contributed by atoms with Crippen molar-refractivity contribution in [3.63, 3.8) is 0 Å². The number of carbonyl (C=O) groups is 1. The van der Waals surface area contributed by atoms with Crippen molar-refractivity contribution in [3.05, 3.63) is 11.6 Å². The standard InChI is InChI=1S/C47H76O17/c1-42(2)14-16-47(41(57)58)17-15-45(6)22(23(47)18-42)8-9-28-44(5)12-11-29(43(3,4)27(44)10-13-46(28,45)7)62-39-35(56)36(32(53)26(20-49)60-39)63-40-37(33(54)31(52)25(19-48)61-40)64-38-34(55)30(51)24(50)21-59-38/h8,23-40,48-56H,9-21H2,1-7H3,(H,57,58)/t23-,24+,25+,26+,27-,28+,29-,30-,31-,32+,33-,34+,35+,36-,37+,38-,39-,40-,44-,45+,46+,47-/m0/s1. The van der Waals surface area contributed by atoms with Crippen LogP contribution < -0.4 is 0 Å². The minimum atomic E-state index is -1.83. The molecule has 3 heterocycles. The molecule has 0 aromatic heterocycles. The molecular weight excluding hydrogens is 836 g/mol. The maximum atomic E-state index is 13.1. The summed E-state index contributed by atoms with van der Waals surface area (Å²) in [5, 5.41) is 107. The maximum Gasteiger partial charge on any atom is 0.310 e. The highest BCUT2D eigenvalue weighted by Crippen LogP contribution is 2.76. The number of allylic oxidation sites excluding steroid dienone is 2. The van der Waals surface area contributed by atoms with Crippen LogP contribution in [0.3, 0.4) is 0 Å². The number of aliphatic carboxylic acids is 1. The minimum absolute atomic E-state index is 0.0195. The van der Waals surface area contributed by atoms with Gasteiger partial charge in [0.1, 0.15) is 67.1 Å². The highest BCUT2D eigenvalue weighted by Gasteiger charge is 2.70. The molecule has 0 bridgehead atoms. The van der Waals surface area contributed by atoms with Gasteiger partial charge in [-0.05, 0) is 109 Å². The van der Waals surface area contributed by atoms with Gasteiger partial charge in [0.25, 0.3) is 0 Å². The van der Waals surface area contributed by atoms with Crippen LogP contribution in [0.25, 0.3) is 0 Å². The first-order valence-electron chi connectivity index (χ1n) is 23.7. The lowest BCUT2D eigenvalue weighted by Gasteiger charge is -2.71. The fourth-order valence-corrected chi connectivity index (χ4v) is 14.9. The summed E-state index contributed by atoms with van der Waals surface area (Å²) in [6.45, 7) is 14.4. The number of carboxylic acid groups (broad SMARTS) is 1. The molecule has 5 aliphatic carbocycles. The van der Waals surface area contributed by atoms with Gasteiger partial charge in [0.15, 0.2) is 18.9 Å². The molecule has 0 aromatic rings. The molecule has 0 spiro atoms. The molecule has 17 nitrogen and oxygen atoms in total. The van der Waals surface area contributed by atoms with Gasteiger partial charge >= 0.3 is 5.97 Å². The van der Waals surface area contributed by atoms with E-state index in [9.17, 15) is 55.9 Å². The zero-order valence-electron chi connectivity index (χ0n) is 38.5. The smallest absolute Gasteiger partial charge is 0.310 e. The molecule has 0 unspecified atom stereocenters. The van der Waals surface area contributed by atoms with E-state index in [1.54, 1.807) is 0 Å². The number of aliphatic hydroxyl groups excluding tert-OH is 9. The lowest BCUT2D eigenvalue weighted by Crippen LogP contribution is -2.67. The molecule has 64 heavy (non-hydrogen) atoms. The zero-order chi connectivity index (χ0) is 46.7. The van der Waals surface area contributed by atoms with Gasteiger partial charge in [0.05, 0.1) is 31.3 Å². The highest BCUT2D eigenvalue weighted by molar-refractivity contribution is 5.76. The second kappa shape index (κ2) is 17.2. The molecular formula is C47H76O17. The Morgan fingerprint density at radius 2 is 1.31 bits per heavy atom. The van der Waals surface area contributed by atoms with Crippen molar-refractivity contribution in [1.29, 1.82) is 0 Å². The summed E-state index contributed by atoms with van der Waals surface area (Å²) in [5.74, 6) is -0.0920. The third-order valence-electron chi connectivity index (χ3n) is 19.0. The summed E-state index contributed by atoms with van der Waals surface area (Å²) in [4.78, 5) is 13.1. The second-order valence-corrected chi connectivity index (χ2v) is 23.0. The Hall–Kier alpha value is -1.39. The van der Waals surface area contributed by atoms with Gasteiger partial charge in [0.2, 0.25) is 0 Å². The molecule has 4 saturated carbocycles. The predicted octanol–water partition coefficient (Wildman–Crippen LogP) is 1.35. The van der Waals surface area contributed by atoms with E-state index in [0.29, 0.717) is 25.2 Å². The number of hydrogen-bond acceptors (Lipinski definition) is 16. The Morgan fingerprint density at radius 3 is 1.98 bits per heavy atom. The molecule has 3 aliphatic heterocycles. The van der Waals surface area contributed by atoms with E-state index in [1.807, 2.05) is 0 Å². The Kier molecular flexibility index (Phi) is 13.2. The molecule has 0 aromatic carbocycles. The predicted molar refractivity (Wildman–Crippen MR) is 225 cm³/mol. The van der Waals surface area contributed by atoms with Crippen LogP contribution >= 0.6 is 0 Å². The third kappa shape index (κ3) is 7.58. The summed E-state index contributed by atoms with van der Waals surface area (Å²) in [6, 6.07) is 0. The van der Waals surface area contributed by atoms with E-state index < -0.39 is 129 Å². The molecule has 22 atom stereocenters. The van der Waals surface area contributed by atoms with Gasteiger partial charge < -0.3 is 79.5 Å². The fraction of sp³-hybridized carbons (Fsp3) is 0.936. The van der Waals surface area contributed by atoms with Crippen molar-refractivity contribution in [2.75, 3.05) is 19.8 Å². The molecule has 17 heteroatoms. The van der Waals surface area contributed by atoms with Crippen LogP contribution in [0.15, 0.2) is 11.6 Å². The van der Waals surface area contributed by atoms with E-state index in [0.717, 1.165) is 44.9 Å². The van der Waals surface area contributed by atoms with Crippen LogP contribution in [0.1, 0.15) is 113 Å². The van der Waals surface area contributed by atoms with E-state index in [-0.39, 0.29) is 33.5 Å². The Morgan fingerprint density at radius 1 is 0.672 bits per heavy atom. The van der Waals surface area contributed by atoms with Crippen LogP contribution in [-0.4, -0.2) is 169 Å². The Bertz CT molecular complexity index is 1740. The van der Waals surface area contributed by atoms with Gasteiger partial charge in [-0.25, -0.2) is 0 Å². The van der Waals surface area contributed by atoms with Crippen molar-refractivity contribution >= 4 is 5.97 Å². The van der Waals surface area contributed by atoms with Gasteiger partial charge in [-0.15, -0.1) is 0 Å². The Balaban J connectivity index is 1.01. The van der Waals surface area contributed by atoms with Crippen molar-refractivity contribution in [1.82, 2.24) is 0 Å². The average Bonchev–Trinajstić information content (AvgIpc) is 3.23. The van der Waals surface area contributed by atoms with Gasteiger partial charge in [-0.3, -0.25) is 4.79 Å². The number of ether oxygens (including phenoxy) is 6. The first kappa shape index (κ1) is 49.0. The molecule has 366 valence electrons. The Labute approximate surface area is 376 Å². The number of hydrogen-bond donors (Lipinski definition) is 10. The van der Waals surface area contributed by atoms with E-state index in [4.69, 9.17) is 28.4 Å². The lowest BCUT2D eigenvalue weighted by atomic mass is 9.33. The monoisotopic (exact) mass is 913 g/mol. The summed E-state index contributed by atoms with van der Waals surface area (Å²) >= 11 is 0. The molecule has 0 radical (unpaired) electrons. The third-order valence-corrected chi connectivity index (χ3v) is 19.0. The van der Waals surface area contributed by atoms with Crippen LogP contribution in [-0.2, 0) is 33.2 Å². The van der Waals surface area contributed by atoms with Crippen molar-refractivity contribution in [3.8, 4) is 0 Å². The van der Waals surface area contributed by atoms with Crippen molar-refractivity contribution in [2.45, 2.75) is 205 Å². The van der Waals surface area contributed by atoms with Crippen molar-refractivity contribution in [2.24, 2.45) is 50.2 Å². The van der Waals surface area contributed by atoms with Crippen LogP contribution in [0.5, 0.6) is 0 Å². The summed E-state index contributed by atoms with van der Waals surface area (Å²) in [7, 11) is 0. The number of rotatable bonds is 9. The highest BCUT2D eigenvalue weighted by atomic mass is 16.8. The van der Waals surface area contributed by atoms with E-state index in [1.165, 1.54) is 5.57 Å². The maximum absolute atomic E-state index is 13.1. The summed E-state index contributed by atoms with van der Waals surface area (Å²) < 4.78 is 35.9. The van der Waals surface area contributed by atoms with Gasteiger partial charge in [-0.1, -0.05) is 60.1 Å². The van der Waals surface area contributed by atoms with Gasteiger partial charge in [0, 0.05) is 0 Å². The fourth-order valence-electron chi connectivity index (χ4n) is 14.9. The van der Waals surface area contributed by atoms with Crippen LogP contribution in [0.4, 0.5) is 0 Å². The average molecular weight is 913 g/mol. The minimum Gasteiger partial charge on any atom is -0.481 e. The summed E-state index contributed by atoms with van der Waals surface area (Å²) in [5.41, 5.74) is 0.00196. The molecule has 8 rings (SSSR count). The number of carboxylic acids is 1. The second-order valence-electron chi connectivity index (χ2n) is 23.0. The number of aliphatic hydroxyl groups is 9. The molecule has 10 N–H and O–H groups in total. The normalized spacial score (nSPS) is 53.5. The number of fused-ring (bicyclic) bond motifs is 7. The molecule has 8 aliphatic rings. The molecule has 3 saturated heterocycles. The zero-order valence-corrected chi connectivity index (χ0v) is 38.5.